The first-order valence-corrected chi connectivity index (χ1v) is 10.1. The highest BCUT2D eigenvalue weighted by atomic mass is 35.5. The van der Waals surface area contributed by atoms with Crippen LogP contribution in [0.1, 0.15) is 59.1 Å². The van der Waals surface area contributed by atoms with Gasteiger partial charge in [-0.05, 0) is 44.6 Å². The van der Waals surface area contributed by atoms with E-state index in [2.05, 4.69) is 31.2 Å². The van der Waals surface area contributed by atoms with E-state index in [1.54, 1.807) is 11.3 Å². The van der Waals surface area contributed by atoms with Gasteiger partial charge in [0.1, 0.15) is 5.69 Å². The van der Waals surface area contributed by atoms with E-state index >= 15 is 0 Å². The van der Waals surface area contributed by atoms with Gasteiger partial charge in [0.15, 0.2) is 0 Å². The largest absolute Gasteiger partial charge is 0.333 e. The highest BCUT2D eigenvalue weighted by Crippen LogP contribution is 2.45. The number of benzene rings is 1. The number of aromatic nitrogens is 1. The lowest BCUT2D eigenvalue weighted by atomic mass is 10.0. The minimum atomic E-state index is 0. The number of amides is 1. The summed E-state index contributed by atoms with van der Waals surface area (Å²) in [5, 5.41) is 1.13. The van der Waals surface area contributed by atoms with Gasteiger partial charge in [0.2, 0.25) is 0 Å². The topological polar surface area (TPSA) is 59.2 Å². The lowest BCUT2D eigenvalue weighted by Gasteiger charge is -2.34. The number of aryl methyl sites for hydroxylation is 1. The average Bonchev–Trinajstić information content (AvgIpc) is 3.41. The molecule has 1 aromatic heterocycles. The second-order valence-corrected chi connectivity index (χ2v) is 8.28. The molecule has 4 rings (SSSR count). The zero-order valence-corrected chi connectivity index (χ0v) is 16.7. The SMILES string of the molecule is Cc1ccc(-c2sc(C3CC3)nc2C(=O)N2CCCC[C@H]2CN)cc1.Cl. The maximum absolute atomic E-state index is 13.3. The molecule has 2 N–H and O–H groups in total. The van der Waals surface area contributed by atoms with E-state index in [0.717, 1.165) is 41.3 Å². The van der Waals surface area contributed by atoms with Crippen LogP contribution in [0.5, 0.6) is 0 Å². The van der Waals surface area contributed by atoms with Gasteiger partial charge in [-0.15, -0.1) is 23.7 Å². The maximum atomic E-state index is 13.3. The predicted octanol–water partition coefficient (Wildman–Crippen LogP) is 4.37. The van der Waals surface area contributed by atoms with Gasteiger partial charge in [-0.1, -0.05) is 29.8 Å². The lowest BCUT2D eigenvalue weighted by Crippen LogP contribution is -2.47. The summed E-state index contributed by atoms with van der Waals surface area (Å²) in [7, 11) is 0. The minimum Gasteiger partial charge on any atom is -0.333 e. The van der Waals surface area contributed by atoms with Crippen molar-refractivity contribution in [2.75, 3.05) is 13.1 Å². The molecule has 0 spiro atoms. The molecule has 0 radical (unpaired) electrons. The highest BCUT2D eigenvalue weighted by Gasteiger charge is 2.33. The number of hydrogen-bond donors (Lipinski definition) is 1. The highest BCUT2D eigenvalue weighted by molar-refractivity contribution is 7.15. The fourth-order valence-corrected chi connectivity index (χ4v) is 4.77. The van der Waals surface area contributed by atoms with Crippen molar-refractivity contribution in [3.63, 3.8) is 0 Å². The van der Waals surface area contributed by atoms with Crippen LogP contribution in [0.4, 0.5) is 0 Å². The fraction of sp³-hybridized carbons (Fsp3) is 0.500. The molecule has 2 heterocycles. The van der Waals surface area contributed by atoms with Crippen molar-refractivity contribution in [2.24, 2.45) is 5.73 Å². The molecule has 1 saturated heterocycles. The Bertz CT molecular complexity index is 770. The standard InChI is InChI=1S/C20H25N3OS.ClH/c1-13-5-7-14(8-6-13)18-17(22-19(25-18)15-9-10-15)20(24)23-11-3-2-4-16(23)12-21;/h5-8,15-16H,2-4,9-12,21H2,1H3;1H/t16-;/m0./s1. The molecule has 1 amide bonds. The number of likely N-dealkylation sites (tertiary alicyclic amines) is 1. The van der Waals surface area contributed by atoms with Gasteiger partial charge in [0.05, 0.1) is 9.88 Å². The van der Waals surface area contributed by atoms with Crippen molar-refractivity contribution in [3.8, 4) is 10.4 Å². The Morgan fingerprint density at radius 1 is 1.23 bits per heavy atom. The van der Waals surface area contributed by atoms with Gasteiger partial charge in [-0.2, -0.15) is 0 Å². The molecule has 140 valence electrons. The monoisotopic (exact) mass is 391 g/mol. The number of halogens is 1. The first-order chi connectivity index (χ1) is 12.2. The Morgan fingerprint density at radius 3 is 2.62 bits per heavy atom. The number of rotatable bonds is 4. The van der Waals surface area contributed by atoms with E-state index in [0.29, 0.717) is 18.2 Å². The maximum Gasteiger partial charge on any atom is 0.274 e. The third kappa shape index (κ3) is 3.80. The van der Waals surface area contributed by atoms with Crippen LogP contribution in [0, 0.1) is 6.92 Å². The molecule has 1 aromatic carbocycles. The molecule has 0 unspecified atom stereocenters. The van der Waals surface area contributed by atoms with Gasteiger partial charge in [-0.25, -0.2) is 4.98 Å². The van der Waals surface area contributed by atoms with Crippen LogP contribution in [-0.2, 0) is 0 Å². The molecule has 26 heavy (non-hydrogen) atoms. The number of carbonyl (C=O) groups excluding carboxylic acids is 1. The molecular formula is C20H26ClN3OS. The van der Waals surface area contributed by atoms with Crippen molar-refractivity contribution >= 4 is 29.7 Å². The molecule has 1 aliphatic carbocycles. The van der Waals surface area contributed by atoms with Crippen molar-refractivity contribution in [1.29, 1.82) is 0 Å². The molecule has 2 aliphatic rings. The van der Waals surface area contributed by atoms with Crippen LogP contribution in [0.2, 0.25) is 0 Å². The normalized spacial score (nSPS) is 19.9. The molecule has 4 nitrogen and oxygen atoms in total. The molecule has 0 bridgehead atoms. The van der Waals surface area contributed by atoms with Crippen LogP contribution in [-0.4, -0.2) is 34.9 Å². The summed E-state index contributed by atoms with van der Waals surface area (Å²) < 4.78 is 0. The number of nitrogens with two attached hydrogens (primary N) is 1. The zero-order valence-electron chi connectivity index (χ0n) is 15.1. The molecule has 1 atom stereocenters. The van der Waals surface area contributed by atoms with Crippen LogP contribution >= 0.6 is 23.7 Å². The van der Waals surface area contributed by atoms with E-state index in [4.69, 9.17) is 10.7 Å². The van der Waals surface area contributed by atoms with E-state index in [-0.39, 0.29) is 24.4 Å². The number of piperidine rings is 1. The summed E-state index contributed by atoms with van der Waals surface area (Å²) in [4.78, 5) is 21.1. The van der Waals surface area contributed by atoms with Crippen LogP contribution in [0.15, 0.2) is 24.3 Å². The van der Waals surface area contributed by atoms with E-state index in [1.165, 1.54) is 18.4 Å². The molecule has 1 saturated carbocycles. The quantitative estimate of drug-likeness (QED) is 0.841. The van der Waals surface area contributed by atoms with Gasteiger partial charge in [-0.3, -0.25) is 4.79 Å². The summed E-state index contributed by atoms with van der Waals surface area (Å²) >= 11 is 1.70. The fourth-order valence-electron chi connectivity index (χ4n) is 3.54. The summed E-state index contributed by atoms with van der Waals surface area (Å²) in [6, 6.07) is 8.56. The summed E-state index contributed by atoms with van der Waals surface area (Å²) in [5.41, 5.74) is 8.88. The predicted molar refractivity (Wildman–Crippen MR) is 109 cm³/mol. The van der Waals surface area contributed by atoms with Gasteiger partial charge in [0, 0.05) is 25.0 Å². The van der Waals surface area contributed by atoms with Crippen molar-refractivity contribution in [2.45, 2.75) is 51.0 Å². The number of thiazole rings is 1. The molecule has 2 aromatic rings. The van der Waals surface area contributed by atoms with Gasteiger partial charge < -0.3 is 10.6 Å². The van der Waals surface area contributed by atoms with E-state index in [1.807, 2.05) is 4.90 Å². The average molecular weight is 392 g/mol. The number of nitrogens with zero attached hydrogens (tertiary/aromatic N) is 2. The van der Waals surface area contributed by atoms with Crippen LogP contribution in [0.3, 0.4) is 0 Å². The second-order valence-electron chi connectivity index (χ2n) is 7.25. The Balaban J connectivity index is 0.00000196. The molecular weight excluding hydrogens is 366 g/mol. The summed E-state index contributed by atoms with van der Waals surface area (Å²) in [6.45, 7) is 3.41. The minimum absolute atomic E-state index is 0. The van der Waals surface area contributed by atoms with Gasteiger partial charge >= 0.3 is 0 Å². The smallest absolute Gasteiger partial charge is 0.274 e. The third-order valence-corrected chi connectivity index (χ3v) is 6.51. The Kier molecular flexibility index (Phi) is 6.00. The summed E-state index contributed by atoms with van der Waals surface area (Å²) in [5.74, 6) is 0.622. The summed E-state index contributed by atoms with van der Waals surface area (Å²) in [6.07, 6.45) is 5.61. The molecule has 2 fully saturated rings. The Labute approximate surface area is 165 Å². The molecule has 6 heteroatoms. The number of hydrogen-bond acceptors (Lipinski definition) is 4. The first-order valence-electron chi connectivity index (χ1n) is 9.26. The van der Waals surface area contributed by atoms with Gasteiger partial charge in [0.25, 0.3) is 5.91 Å². The van der Waals surface area contributed by atoms with Crippen LogP contribution < -0.4 is 5.73 Å². The lowest BCUT2D eigenvalue weighted by molar-refractivity contribution is 0.0618. The zero-order chi connectivity index (χ0) is 17.4. The van der Waals surface area contributed by atoms with E-state index < -0.39 is 0 Å². The van der Waals surface area contributed by atoms with E-state index in [9.17, 15) is 4.79 Å². The number of carbonyl (C=O) groups is 1. The second kappa shape index (κ2) is 8.07. The Hall–Kier alpha value is -1.43. The molecule has 1 aliphatic heterocycles. The Morgan fingerprint density at radius 2 is 1.96 bits per heavy atom. The third-order valence-electron chi connectivity index (χ3n) is 5.25. The van der Waals surface area contributed by atoms with Crippen LogP contribution in [0.25, 0.3) is 10.4 Å². The first kappa shape index (κ1) is 19.3. The van der Waals surface area contributed by atoms with Crippen molar-refractivity contribution < 1.29 is 4.79 Å². The van der Waals surface area contributed by atoms with Crippen molar-refractivity contribution in [1.82, 2.24) is 9.88 Å². The van der Waals surface area contributed by atoms with Crippen molar-refractivity contribution in [3.05, 3.63) is 40.5 Å².